The number of benzene rings is 3. The van der Waals surface area contributed by atoms with E-state index < -0.39 is 0 Å². The second-order valence-corrected chi connectivity index (χ2v) is 9.68. The number of anilines is 1. The quantitative estimate of drug-likeness (QED) is 0.376. The van der Waals surface area contributed by atoms with E-state index in [0.717, 1.165) is 28.0 Å². The second kappa shape index (κ2) is 8.67. The van der Waals surface area contributed by atoms with Crippen LogP contribution in [0.2, 0.25) is 0 Å². The SMILES string of the molecule is COc1cc([C@@H]2Nc3cc(C)cc(C)c3[C@@H]3C=CC[C@@H]32)cc(Br)c1OCc1ccccc1. The first-order valence-corrected chi connectivity index (χ1v) is 11.9. The van der Waals surface area contributed by atoms with Gasteiger partial charge in [0.1, 0.15) is 6.61 Å². The predicted octanol–water partition coefficient (Wildman–Crippen LogP) is 7.48. The van der Waals surface area contributed by atoms with E-state index in [2.05, 4.69) is 83.6 Å². The largest absolute Gasteiger partial charge is 0.493 e. The number of hydrogen-bond acceptors (Lipinski definition) is 3. The van der Waals surface area contributed by atoms with Crippen LogP contribution >= 0.6 is 15.9 Å². The molecule has 0 amide bonds. The van der Waals surface area contributed by atoms with Crippen LogP contribution in [-0.2, 0) is 6.61 Å². The summed E-state index contributed by atoms with van der Waals surface area (Å²) >= 11 is 3.76. The molecule has 0 aromatic heterocycles. The van der Waals surface area contributed by atoms with E-state index in [-0.39, 0.29) is 6.04 Å². The summed E-state index contributed by atoms with van der Waals surface area (Å²) in [6.45, 7) is 4.89. The number of hydrogen-bond donors (Lipinski definition) is 1. The van der Waals surface area contributed by atoms with E-state index >= 15 is 0 Å². The molecule has 0 radical (unpaired) electrons. The highest BCUT2D eigenvalue weighted by molar-refractivity contribution is 9.10. The number of halogens is 1. The van der Waals surface area contributed by atoms with E-state index in [4.69, 9.17) is 9.47 Å². The van der Waals surface area contributed by atoms with Gasteiger partial charge >= 0.3 is 0 Å². The topological polar surface area (TPSA) is 30.5 Å². The van der Waals surface area contributed by atoms with Crippen molar-refractivity contribution in [2.75, 3.05) is 12.4 Å². The number of nitrogens with one attached hydrogen (secondary N) is 1. The maximum atomic E-state index is 6.16. The number of methoxy groups -OCH3 is 1. The molecule has 3 atom stereocenters. The Morgan fingerprint density at radius 2 is 1.88 bits per heavy atom. The third-order valence-corrected chi connectivity index (χ3v) is 7.24. The first kappa shape index (κ1) is 21.1. The van der Waals surface area contributed by atoms with Gasteiger partial charge in [0.15, 0.2) is 11.5 Å². The molecule has 0 spiro atoms. The van der Waals surface area contributed by atoms with Crippen molar-refractivity contribution < 1.29 is 9.47 Å². The minimum Gasteiger partial charge on any atom is -0.493 e. The summed E-state index contributed by atoms with van der Waals surface area (Å²) in [6, 6.07) is 19.3. The van der Waals surface area contributed by atoms with Crippen LogP contribution < -0.4 is 14.8 Å². The highest BCUT2D eigenvalue weighted by Crippen LogP contribution is 2.52. The van der Waals surface area contributed by atoms with E-state index in [0.29, 0.717) is 18.4 Å². The Morgan fingerprint density at radius 1 is 1.06 bits per heavy atom. The molecule has 0 fully saturated rings. The van der Waals surface area contributed by atoms with Gasteiger partial charge in [-0.25, -0.2) is 0 Å². The fraction of sp³-hybridized carbons (Fsp3) is 0.286. The lowest BCUT2D eigenvalue weighted by Crippen LogP contribution is -2.29. The van der Waals surface area contributed by atoms with Crippen molar-refractivity contribution in [1.29, 1.82) is 0 Å². The highest BCUT2D eigenvalue weighted by atomic mass is 79.9. The molecular weight excluding hydrogens is 462 g/mol. The van der Waals surface area contributed by atoms with Crippen molar-refractivity contribution in [3.05, 3.63) is 99.0 Å². The molecule has 3 aromatic carbocycles. The monoisotopic (exact) mass is 489 g/mol. The molecule has 3 aromatic rings. The highest BCUT2D eigenvalue weighted by Gasteiger charge is 2.39. The maximum Gasteiger partial charge on any atom is 0.175 e. The zero-order valence-electron chi connectivity index (χ0n) is 18.7. The average molecular weight is 490 g/mol. The standard InChI is InChI=1S/C28H28BrNO2/c1-17-12-18(2)26-21-10-7-11-22(21)27(30-24(26)13-17)20-14-23(29)28(25(15-20)31-3)32-16-19-8-5-4-6-9-19/h4-10,12-15,21-22,27,30H,11,16H2,1-3H3/t21-,22+,27+/m1/s1. The Hall–Kier alpha value is -2.72. The molecule has 3 nitrogen and oxygen atoms in total. The molecule has 0 unspecified atom stereocenters. The van der Waals surface area contributed by atoms with Crippen molar-refractivity contribution in [1.82, 2.24) is 0 Å². The van der Waals surface area contributed by atoms with E-state index in [1.54, 1.807) is 7.11 Å². The Balaban J connectivity index is 1.49. The minimum atomic E-state index is 0.206. The third kappa shape index (κ3) is 3.81. The smallest absolute Gasteiger partial charge is 0.175 e. The summed E-state index contributed by atoms with van der Waals surface area (Å²) < 4.78 is 12.8. The summed E-state index contributed by atoms with van der Waals surface area (Å²) in [6.07, 6.45) is 5.80. The van der Waals surface area contributed by atoms with Crippen LogP contribution in [0.25, 0.3) is 0 Å². The Bertz CT molecular complexity index is 1170. The molecule has 164 valence electrons. The molecular formula is C28H28BrNO2. The Kier molecular flexibility index (Phi) is 5.73. The lowest BCUT2D eigenvalue weighted by Gasteiger charge is -2.39. The van der Waals surface area contributed by atoms with E-state index in [9.17, 15) is 0 Å². The molecule has 1 heterocycles. The summed E-state index contributed by atoms with van der Waals surface area (Å²) in [5.41, 5.74) is 7.69. The van der Waals surface area contributed by atoms with Gasteiger partial charge in [-0.3, -0.25) is 0 Å². The third-order valence-electron chi connectivity index (χ3n) is 6.65. The fourth-order valence-electron chi connectivity index (χ4n) is 5.26. The number of ether oxygens (including phenoxy) is 2. The predicted molar refractivity (Wildman–Crippen MR) is 134 cm³/mol. The van der Waals surface area contributed by atoms with Crippen molar-refractivity contribution in [2.24, 2.45) is 5.92 Å². The maximum absolute atomic E-state index is 6.16. The van der Waals surface area contributed by atoms with E-state index in [1.807, 2.05) is 18.2 Å². The zero-order valence-corrected chi connectivity index (χ0v) is 20.3. The molecule has 32 heavy (non-hydrogen) atoms. The lowest BCUT2D eigenvalue weighted by molar-refractivity contribution is 0.282. The van der Waals surface area contributed by atoms with Gasteiger partial charge in [0.05, 0.1) is 17.6 Å². The molecule has 2 aliphatic rings. The molecule has 4 heteroatoms. The summed E-state index contributed by atoms with van der Waals surface area (Å²) in [7, 11) is 1.71. The van der Waals surface area contributed by atoms with Gasteiger partial charge in [-0.05, 0) is 88.1 Å². The second-order valence-electron chi connectivity index (χ2n) is 8.83. The van der Waals surface area contributed by atoms with Crippen LogP contribution in [0.4, 0.5) is 5.69 Å². The molecule has 0 bridgehead atoms. The molecule has 0 saturated carbocycles. The Morgan fingerprint density at radius 3 is 2.66 bits per heavy atom. The lowest BCUT2D eigenvalue weighted by atomic mass is 9.75. The van der Waals surface area contributed by atoms with Gasteiger partial charge in [-0.2, -0.15) is 0 Å². The van der Waals surface area contributed by atoms with Gasteiger partial charge < -0.3 is 14.8 Å². The van der Waals surface area contributed by atoms with Crippen LogP contribution in [0.5, 0.6) is 11.5 Å². The van der Waals surface area contributed by atoms with Crippen LogP contribution in [0.3, 0.4) is 0 Å². The first-order chi connectivity index (χ1) is 15.5. The number of rotatable bonds is 5. The average Bonchev–Trinajstić information content (AvgIpc) is 3.27. The summed E-state index contributed by atoms with van der Waals surface area (Å²) in [4.78, 5) is 0. The van der Waals surface area contributed by atoms with Gasteiger partial charge in [0.25, 0.3) is 0 Å². The summed E-state index contributed by atoms with van der Waals surface area (Å²) in [5, 5.41) is 3.86. The molecule has 1 aliphatic heterocycles. The number of aryl methyl sites for hydroxylation is 2. The van der Waals surface area contributed by atoms with Crippen molar-refractivity contribution in [2.45, 2.75) is 38.8 Å². The molecule has 1 aliphatic carbocycles. The zero-order chi connectivity index (χ0) is 22.2. The van der Waals surface area contributed by atoms with E-state index in [1.165, 1.54) is 27.9 Å². The van der Waals surface area contributed by atoms with Gasteiger partial charge in [0, 0.05) is 11.6 Å². The summed E-state index contributed by atoms with van der Waals surface area (Å²) in [5.74, 6) is 2.41. The van der Waals surface area contributed by atoms with Crippen LogP contribution in [0, 0.1) is 19.8 Å². The van der Waals surface area contributed by atoms with Crippen LogP contribution in [-0.4, -0.2) is 7.11 Å². The van der Waals surface area contributed by atoms with Gasteiger partial charge in [0.2, 0.25) is 0 Å². The van der Waals surface area contributed by atoms with Crippen molar-refractivity contribution >= 4 is 21.6 Å². The molecule has 0 saturated heterocycles. The van der Waals surface area contributed by atoms with Gasteiger partial charge in [-0.1, -0.05) is 48.6 Å². The van der Waals surface area contributed by atoms with Crippen LogP contribution in [0.15, 0.2) is 71.2 Å². The number of fused-ring (bicyclic) bond motifs is 3. The molecule has 5 rings (SSSR count). The van der Waals surface area contributed by atoms with Crippen LogP contribution in [0.1, 0.15) is 46.2 Å². The minimum absolute atomic E-state index is 0.206. The molecule has 1 N–H and O–H groups in total. The first-order valence-electron chi connectivity index (χ1n) is 11.1. The Labute approximate surface area is 198 Å². The number of allylic oxidation sites excluding steroid dienone is 2. The fourth-order valence-corrected chi connectivity index (χ4v) is 5.83. The normalized spacial score (nSPS) is 20.9. The van der Waals surface area contributed by atoms with Crippen molar-refractivity contribution in [3.8, 4) is 11.5 Å². The van der Waals surface area contributed by atoms with Gasteiger partial charge in [-0.15, -0.1) is 0 Å². The van der Waals surface area contributed by atoms with Crippen molar-refractivity contribution in [3.63, 3.8) is 0 Å².